The van der Waals surface area contributed by atoms with Crippen molar-refractivity contribution in [2.75, 3.05) is 4.90 Å². The van der Waals surface area contributed by atoms with Gasteiger partial charge in [0.1, 0.15) is 16.4 Å². The molecule has 5 rings (SSSR count). The summed E-state index contributed by atoms with van der Waals surface area (Å²) in [5.41, 5.74) is 3.43. The third-order valence-corrected chi connectivity index (χ3v) is 5.93. The van der Waals surface area contributed by atoms with Gasteiger partial charge in [-0.25, -0.2) is 14.8 Å². The van der Waals surface area contributed by atoms with Crippen LogP contribution in [0.2, 0.25) is 0 Å². The number of carbonyl (C=O) groups is 1. The van der Waals surface area contributed by atoms with Crippen LogP contribution in [0.1, 0.15) is 21.5 Å². The number of aromatic nitrogens is 4. The first-order valence-corrected chi connectivity index (χ1v) is 10.9. The van der Waals surface area contributed by atoms with Crippen LogP contribution in [-0.2, 0) is 13.1 Å². The van der Waals surface area contributed by atoms with E-state index < -0.39 is 5.97 Å². The lowest BCUT2D eigenvalue weighted by atomic mass is 10.1. The summed E-state index contributed by atoms with van der Waals surface area (Å²) in [7, 11) is 0. The lowest BCUT2D eigenvalue weighted by Gasteiger charge is -2.27. The molecule has 0 aliphatic carbocycles. The van der Waals surface area contributed by atoms with Crippen LogP contribution in [-0.4, -0.2) is 30.7 Å². The maximum absolute atomic E-state index is 11.7. The second-order valence-electron chi connectivity index (χ2n) is 7.26. The van der Waals surface area contributed by atoms with Crippen LogP contribution in [0, 0.1) is 0 Å². The van der Waals surface area contributed by atoms with E-state index in [2.05, 4.69) is 44.2 Å². The zero-order chi connectivity index (χ0) is 21.9. The van der Waals surface area contributed by atoms with E-state index in [0.717, 1.165) is 27.5 Å². The Balaban J connectivity index is 1.72. The zero-order valence-electron chi connectivity index (χ0n) is 17.0. The average Bonchev–Trinajstić information content (AvgIpc) is 3.50. The molecule has 0 aliphatic rings. The Hall–Kier alpha value is -4.04. The highest BCUT2D eigenvalue weighted by Crippen LogP contribution is 2.34. The van der Waals surface area contributed by atoms with Crippen LogP contribution in [0.25, 0.3) is 16.2 Å². The van der Waals surface area contributed by atoms with Crippen LogP contribution in [0.5, 0.6) is 0 Å². The van der Waals surface area contributed by atoms with Crippen molar-refractivity contribution in [1.82, 2.24) is 19.6 Å². The van der Waals surface area contributed by atoms with E-state index in [0.29, 0.717) is 18.7 Å². The zero-order valence-corrected chi connectivity index (χ0v) is 17.8. The number of nitrogens with zero attached hydrogens (tertiary/aromatic N) is 5. The van der Waals surface area contributed by atoms with Gasteiger partial charge in [-0.3, -0.25) is 0 Å². The summed E-state index contributed by atoms with van der Waals surface area (Å²) in [5.74, 6) is -0.303. The Bertz CT molecular complexity index is 1310. The third kappa shape index (κ3) is 3.83. The van der Waals surface area contributed by atoms with Gasteiger partial charge in [0.15, 0.2) is 5.65 Å². The van der Waals surface area contributed by atoms with Crippen LogP contribution >= 0.6 is 11.3 Å². The molecular formula is C24H19N5O2S. The summed E-state index contributed by atoms with van der Waals surface area (Å²) < 4.78 is 1.62. The van der Waals surface area contributed by atoms with Crippen molar-refractivity contribution in [1.29, 1.82) is 0 Å². The Morgan fingerprint density at radius 3 is 2.16 bits per heavy atom. The van der Waals surface area contributed by atoms with Gasteiger partial charge >= 0.3 is 5.97 Å². The fourth-order valence-corrected chi connectivity index (χ4v) is 4.34. The molecule has 0 aliphatic heterocycles. The largest absolute Gasteiger partial charge is 0.477 e. The summed E-state index contributed by atoms with van der Waals surface area (Å²) in [6.45, 7) is 1.21. The molecule has 0 amide bonds. The topological polar surface area (TPSA) is 83.6 Å². The van der Waals surface area contributed by atoms with Gasteiger partial charge in [-0.2, -0.15) is 9.61 Å². The van der Waals surface area contributed by atoms with Crippen LogP contribution in [0.15, 0.2) is 84.6 Å². The van der Waals surface area contributed by atoms with Crippen molar-refractivity contribution < 1.29 is 9.90 Å². The molecule has 0 saturated heterocycles. The highest BCUT2D eigenvalue weighted by molar-refractivity contribution is 7.13. The SMILES string of the molecule is O=C(O)c1cnn2c(N(Cc3ccccc3)Cc3ccccc3)c(-c3nccs3)cnc12. The summed E-state index contributed by atoms with van der Waals surface area (Å²) in [5, 5.41) is 16.7. The number of rotatable bonds is 7. The van der Waals surface area contributed by atoms with Gasteiger partial charge in [-0.05, 0) is 11.1 Å². The minimum absolute atomic E-state index is 0.0660. The van der Waals surface area contributed by atoms with E-state index in [-0.39, 0.29) is 5.56 Å². The van der Waals surface area contributed by atoms with Gasteiger partial charge in [0.2, 0.25) is 0 Å². The smallest absolute Gasteiger partial charge is 0.341 e. The fourth-order valence-electron chi connectivity index (χ4n) is 3.69. The Kier molecular flexibility index (Phi) is 5.35. The normalized spacial score (nSPS) is 11.0. The van der Waals surface area contributed by atoms with Crippen LogP contribution < -0.4 is 4.90 Å². The predicted molar refractivity (Wildman–Crippen MR) is 124 cm³/mol. The number of thiazole rings is 1. The first-order valence-electron chi connectivity index (χ1n) is 10.0. The first-order chi connectivity index (χ1) is 15.7. The quantitative estimate of drug-likeness (QED) is 0.392. The molecule has 7 nitrogen and oxygen atoms in total. The summed E-state index contributed by atoms with van der Waals surface area (Å²) in [4.78, 5) is 22.8. The van der Waals surface area contributed by atoms with E-state index >= 15 is 0 Å². The van der Waals surface area contributed by atoms with Gasteiger partial charge in [0.05, 0.1) is 11.8 Å². The molecule has 0 spiro atoms. The summed E-state index contributed by atoms with van der Waals surface area (Å²) in [6, 6.07) is 20.3. The summed E-state index contributed by atoms with van der Waals surface area (Å²) in [6.07, 6.45) is 4.79. The molecule has 3 aromatic heterocycles. The highest BCUT2D eigenvalue weighted by atomic mass is 32.1. The molecule has 158 valence electrons. The monoisotopic (exact) mass is 441 g/mol. The molecule has 0 unspecified atom stereocenters. The Morgan fingerprint density at radius 2 is 1.59 bits per heavy atom. The number of aromatic carboxylic acids is 1. The van der Waals surface area contributed by atoms with Crippen molar-refractivity contribution in [2.45, 2.75) is 13.1 Å². The van der Waals surface area contributed by atoms with E-state index in [1.54, 1.807) is 16.9 Å². The number of hydrogen-bond donors (Lipinski definition) is 1. The molecule has 2 aromatic carbocycles. The molecule has 0 bridgehead atoms. The molecule has 0 atom stereocenters. The second-order valence-corrected chi connectivity index (χ2v) is 8.15. The molecule has 0 radical (unpaired) electrons. The fraction of sp³-hybridized carbons (Fsp3) is 0.0833. The average molecular weight is 442 g/mol. The number of fused-ring (bicyclic) bond motifs is 1. The minimum Gasteiger partial charge on any atom is -0.477 e. The minimum atomic E-state index is -1.06. The van der Waals surface area contributed by atoms with Crippen molar-refractivity contribution in [3.05, 3.63) is 101 Å². The molecular weight excluding hydrogens is 422 g/mol. The molecule has 0 fully saturated rings. The van der Waals surface area contributed by atoms with Crippen LogP contribution in [0.3, 0.4) is 0 Å². The van der Waals surface area contributed by atoms with Gasteiger partial charge in [0, 0.05) is 30.9 Å². The Morgan fingerprint density at radius 1 is 0.938 bits per heavy atom. The van der Waals surface area contributed by atoms with Gasteiger partial charge in [-0.1, -0.05) is 60.7 Å². The lowest BCUT2D eigenvalue weighted by molar-refractivity contribution is 0.0698. The van der Waals surface area contributed by atoms with E-state index in [4.69, 9.17) is 0 Å². The third-order valence-electron chi connectivity index (χ3n) is 5.13. The van der Waals surface area contributed by atoms with E-state index in [1.807, 2.05) is 41.8 Å². The molecule has 5 aromatic rings. The molecule has 0 saturated carbocycles. The van der Waals surface area contributed by atoms with E-state index in [9.17, 15) is 9.90 Å². The molecule has 3 heterocycles. The van der Waals surface area contributed by atoms with Crippen molar-refractivity contribution in [2.24, 2.45) is 0 Å². The van der Waals surface area contributed by atoms with E-state index in [1.165, 1.54) is 17.5 Å². The van der Waals surface area contributed by atoms with Gasteiger partial charge < -0.3 is 10.0 Å². The number of carboxylic acid groups (broad SMARTS) is 1. The standard InChI is InChI=1S/C24H19N5O2S/c30-24(31)19-14-27-29-21(19)26-13-20(22-25-11-12-32-22)23(29)28(15-17-7-3-1-4-8-17)16-18-9-5-2-6-10-18/h1-14H,15-16H2,(H,30,31). The first kappa shape index (κ1) is 19.9. The van der Waals surface area contributed by atoms with Gasteiger partial charge in [-0.15, -0.1) is 11.3 Å². The summed E-state index contributed by atoms with van der Waals surface area (Å²) >= 11 is 1.51. The number of hydrogen-bond acceptors (Lipinski definition) is 6. The maximum Gasteiger partial charge on any atom is 0.341 e. The van der Waals surface area contributed by atoms with Crippen molar-refractivity contribution in [3.63, 3.8) is 0 Å². The molecule has 1 N–H and O–H groups in total. The molecule has 8 heteroatoms. The number of carboxylic acids is 1. The van der Waals surface area contributed by atoms with Gasteiger partial charge in [0.25, 0.3) is 0 Å². The highest BCUT2D eigenvalue weighted by Gasteiger charge is 2.23. The Labute approximate surface area is 188 Å². The second kappa shape index (κ2) is 8.60. The predicted octanol–water partition coefficient (Wildman–Crippen LogP) is 4.76. The van der Waals surface area contributed by atoms with Crippen LogP contribution in [0.4, 0.5) is 5.82 Å². The van der Waals surface area contributed by atoms with Crippen molar-refractivity contribution in [3.8, 4) is 10.6 Å². The number of anilines is 1. The van der Waals surface area contributed by atoms with Crippen molar-refractivity contribution >= 4 is 28.8 Å². The lowest BCUT2D eigenvalue weighted by Crippen LogP contribution is -2.25. The molecule has 32 heavy (non-hydrogen) atoms. The number of benzene rings is 2. The maximum atomic E-state index is 11.7.